The zero-order valence-corrected chi connectivity index (χ0v) is 18.1. The number of aliphatic hydroxyl groups excluding tert-OH is 11. The van der Waals surface area contributed by atoms with Crippen molar-refractivity contribution in [2.24, 2.45) is 0 Å². The molecule has 0 aromatic carbocycles. The maximum absolute atomic E-state index is 10.4. The van der Waals surface area contributed by atoms with Crippen LogP contribution in [0.5, 0.6) is 0 Å². The minimum absolute atomic E-state index is 0.459. The molecular formula is C19H34O15. The first-order valence-corrected chi connectivity index (χ1v) is 10.9. The Balaban J connectivity index is 1.69. The SMILES string of the molecule is OC[C@H]1O[C@H](OC[C@H]2O[C@H](C[C@]3(CO)O[C@H](CO)[C@@H](O)[C@@H]3O)[C@H](O)[C@@H](O)[C@@H]2O)[C@@H](O)[C@@H](O)[C@H]1O. The first-order chi connectivity index (χ1) is 16.0. The molecule has 14 atom stereocenters. The lowest BCUT2D eigenvalue weighted by molar-refractivity contribution is -0.315. The van der Waals surface area contributed by atoms with Crippen LogP contribution >= 0.6 is 0 Å². The molecule has 34 heavy (non-hydrogen) atoms. The summed E-state index contributed by atoms with van der Waals surface area (Å²) >= 11 is 0. The first-order valence-electron chi connectivity index (χ1n) is 10.9. The van der Waals surface area contributed by atoms with Crippen LogP contribution in [-0.4, -0.2) is 168 Å². The van der Waals surface area contributed by atoms with Crippen LogP contribution in [0.1, 0.15) is 6.42 Å². The summed E-state index contributed by atoms with van der Waals surface area (Å²) in [6, 6.07) is 0. The molecule has 0 aromatic rings. The van der Waals surface area contributed by atoms with Gasteiger partial charge in [0.1, 0.15) is 72.7 Å². The maximum Gasteiger partial charge on any atom is 0.186 e. The molecule has 0 aromatic heterocycles. The maximum atomic E-state index is 10.4. The highest BCUT2D eigenvalue weighted by molar-refractivity contribution is 5.05. The van der Waals surface area contributed by atoms with Gasteiger partial charge < -0.3 is 75.1 Å². The van der Waals surface area contributed by atoms with Gasteiger partial charge >= 0.3 is 0 Å². The zero-order valence-electron chi connectivity index (χ0n) is 18.1. The van der Waals surface area contributed by atoms with Crippen molar-refractivity contribution in [2.45, 2.75) is 91.6 Å². The second kappa shape index (κ2) is 11.2. The third-order valence-electron chi connectivity index (χ3n) is 6.71. The molecule has 3 heterocycles. The molecule has 3 fully saturated rings. The van der Waals surface area contributed by atoms with Gasteiger partial charge in [-0.2, -0.15) is 0 Å². The highest BCUT2D eigenvalue weighted by Crippen LogP contribution is 2.38. The highest BCUT2D eigenvalue weighted by Gasteiger charge is 2.57. The molecule has 200 valence electrons. The molecule has 0 spiro atoms. The molecule has 0 aliphatic carbocycles. The van der Waals surface area contributed by atoms with Gasteiger partial charge in [-0.3, -0.25) is 0 Å². The van der Waals surface area contributed by atoms with Crippen LogP contribution in [0.3, 0.4) is 0 Å². The summed E-state index contributed by atoms with van der Waals surface area (Å²) in [7, 11) is 0. The quantitative estimate of drug-likeness (QED) is 0.147. The Morgan fingerprint density at radius 3 is 1.71 bits per heavy atom. The van der Waals surface area contributed by atoms with E-state index >= 15 is 0 Å². The largest absolute Gasteiger partial charge is 0.394 e. The minimum Gasteiger partial charge on any atom is -0.394 e. The number of ether oxygens (including phenoxy) is 4. The third kappa shape index (κ3) is 5.10. The second-order valence-corrected chi connectivity index (χ2v) is 8.92. The fraction of sp³-hybridized carbons (Fsp3) is 1.00. The van der Waals surface area contributed by atoms with Crippen LogP contribution in [0, 0.1) is 0 Å². The van der Waals surface area contributed by atoms with E-state index in [1.807, 2.05) is 0 Å². The molecule has 15 heteroatoms. The smallest absolute Gasteiger partial charge is 0.186 e. The molecule has 0 bridgehead atoms. The molecule has 0 unspecified atom stereocenters. The molecule has 15 nitrogen and oxygen atoms in total. The van der Waals surface area contributed by atoms with E-state index in [1.165, 1.54) is 0 Å². The molecule has 3 aliphatic heterocycles. The topological polar surface area (TPSA) is 259 Å². The van der Waals surface area contributed by atoms with Crippen molar-refractivity contribution in [1.82, 2.24) is 0 Å². The number of hydrogen-bond acceptors (Lipinski definition) is 15. The Morgan fingerprint density at radius 1 is 0.588 bits per heavy atom. The standard InChI is InChI=1S/C19H34O15/c20-2-7-11(24)15(28)16(29)18(33-7)31-4-9-12(25)14(27)10(23)6(32-9)1-19(5-22)17(30)13(26)8(3-21)34-19/h6-18,20-30H,1-5H2/t6-,7-,8-,9-,10+,11+,12-,13-,14-,15+,16+,17+,18+,19-/m1/s1. The average Bonchev–Trinajstić information content (AvgIpc) is 3.08. The van der Waals surface area contributed by atoms with E-state index in [0.717, 1.165) is 0 Å². The lowest BCUT2D eigenvalue weighted by Crippen LogP contribution is -2.62. The Kier molecular flexibility index (Phi) is 9.22. The molecule has 0 saturated carbocycles. The third-order valence-corrected chi connectivity index (χ3v) is 6.71. The van der Waals surface area contributed by atoms with Gasteiger partial charge in [0.15, 0.2) is 6.29 Å². The van der Waals surface area contributed by atoms with Gasteiger partial charge in [-0.25, -0.2) is 0 Å². The van der Waals surface area contributed by atoms with Crippen molar-refractivity contribution in [3.8, 4) is 0 Å². The van der Waals surface area contributed by atoms with Crippen molar-refractivity contribution in [2.75, 3.05) is 26.4 Å². The van der Waals surface area contributed by atoms with Gasteiger partial charge in [-0.1, -0.05) is 0 Å². The predicted molar refractivity (Wildman–Crippen MR) is 105 cm³/mol. The normalized spacial score (nSPS) is 52.1. The fourth-order valence-electron chi connectivity index (χ4n) is 4.53. The van der Waals surface area contributed by atoms with Crippen LogP contribution in [0.15, 0.2) is 0 Å². The average molecular weight is 502 g/mol. The highest BCUT2D eigenvalue weighted by atomic mass is 16.7. The Morgan fingerprint density at radius 2 is 1.15 bits per heavy atom. The summed E-state index contributed by atoms with van der Waals surface area (Å²) in [5.41, 5.74) is -1.86. The zero-order chi connectivity index (χ0) is 25.4. The van der Waals surface area contributed by atoms with Gasteiger partial charge in [0, 0.05) is 6.42 Å². The van der Waals surface area contributed by atoms with Crippen molar-refractivity contribution < 1.29 is 75.1 Å². The van der Waals surface area contributed by atoms with Gasteiger partial charge in [0.25, 0.3) is 0 Å². The molecular weight excluding hydrogens is 468 g/mol. The van der Waals surface area contributed by atoms with E-state index in [2.05, 4.69) is 0 Å². The summed E-state index contributed by atoms with van der Waals surface area (Å²) in [5, 5.41) is 110. The summed E-state index contributed by atoms with van der Waals surface area (Å²) in [6.45, 7) is -2.74. The van der Waals surface area contributed by atoms with Crippen LogP contribution in [0.2, 0.25) is 0 Å². The van der Waals surface area contributed by atoms with Gasteiger partial charge in [0.05, 0.1) is 32.5 Å². The second-order valence-electron chi connectivity index (χ2n) is 8.92. The summed E-state index contributed by atoms with van der Waals surface area (Å²) in [4.78, 5) is 0. The number of aliphatic hydroxyl groups is 11. The van der Waals surface area contributed by atoms with Crippen LogP contribution in [0.25, 0.3) is 0 Å². The summed E-state index contributed by atoms with van der Waals surface area (Å²) in [6.07, 6.45) is -20.6. The minimum atomic E-state index is -1.86. The molecule has 3 saturated heterocycles. The van der Waals surface area contributed by atoms with Crippen molar-refractivity contribution >= 4 is 0 Å². The fourth-order valence-corrected chi connectivity index (χ4v) is 4.53. The van der Waals surface area contributed by atoms with Crippen LogP contribution in [0.4, 0.5) is 0 Å². The molecule has 3 aliphatic rings. The first kappa shape index (κ1) is 28.0. The van der Waals surface area contributed by atoms with Crippen molar-refractivity contribution in [1.29, 1.82) is 0 Å². The molecule has 3 rings (SSSR count). The van der Waals surface area contributed by atoms with Crippen molar-refractivity contribution in [3.63, 3.8) is 0 Å². The van der Waals surface area contributed by atoms with E-state index in [1.54, 1.807) is 0 Å². The van der Waals surface area contributed by atoms with Crippen LogP contribution < -0.4 is 0 Å². The number of hydrogen-bond donors (Lipinski definition) is 11. The summed E-state index contributed by atoms with van der Waals surface area (Å²) < 4.78 is 21.6. The van der Waals surface area contributed by atoms with Gasteiger partial charge in [-0.05, 0) is 0 Å². The van der Waals surface area contributed by atoms with E-state index < -0.39 is 118 Å². The van der Waals surface area contributed by atoms with E-state index in [0.29, 0.717) is 0 Å². The lowest BCUT2D eigenvalue weighted by Gasteiger charge is -2.44. The van der Waals surface area contributed by atoms with E-state index in [-0.39, 0.29) is 0 Å². The Hall–Kier alpha value is -0.600. The predicted octanol–water partition coefficient (Wildman–Crippen LogP) is -7.11. The van der Waals surface area contributed by atoms with E-state index in [9.17, 15) is 56.2 Å². The monoisotopic (exact) mass is 502 g/mol. The molecule has 11 N–H and O–H groups in total. The van der Waals surface area contributed by atoms with Crippen LogP contribution in [-0.2, 0) is 18.9 Å². The van der Waals surface area contributed by atoms with E-state index in [4.69, 9.17) is 18.9 Å². The summed E-state index contributed by atoms with van der Waals surface area (Å²) in [5.74, 6) is 0. The molecule has 0 amide bonds. The lowest BCUT2D eigenvalue weighted by atomic mass is 9.84. The molecule has 0 radical (unpaired) electrons. The van der Waals surface area contributed by atoms with Gasteiger partial charge in [-0.15, -0.1) is 0 Å². The van der Waals surface area contributed by atoms with Crippen molar-refractivity contribution in [3.05, 3.63) is 0 Å². The number of rotatable bonds is 8. The Labute approximate surface area is 193 Å². The Bertz CT molecular complexity index is 653. The van der Waals surface area contributed by atoms with Gasteiger partial charge in [0.2, 0.25) is 0 Å².